The molecule has 1 aliphatic rings. The average Bonchev–Trinajstić information content (AvgIpc) is 3.30. The number of ether oxygens (including phenoxy) is 3. The van der Waals surface area contributed by atoms with Gasteiger partial charge in [0.2, 0.25) is 12.7 Å². The predicted molar refractivity (Wildman–Crippen MR) is 104 cm³/mol. The van der Waals surface area contributed by atoms with Crippen molar-refractivity contribution in [1.82, 2.24) is 9.55 Å². The Hall–Kier alpha value is -2.70. The molecule has 140 valence electrons. The number of halogens is 1. The highest BCUT2D eigenvalue weighted by Crippen LogP contribution is 2.36. The number of hydrogen-bond donors (Lipinski definition) is 1. The predicted octanol–water partition coefficient (Wildman–Crippen LogP) is 4.19. The molecule has 1 aliphatic heterocycles. The SMILES string of the molecule is COCCn1c(-c2ccc3c(c2)OCO3)cnc1NCc1cccc(Cl)c1. The second-order valence-electron chi connectivity index (χ2n) is 6.16. The molecule has 0 unspecified atom stereocenters. The first-order valence-electron chi connectivity index (χ1n) is 8.67. The van der Waals surface area contributed by atoms with Gasteiger partial charge in [0.05, 0.1) is 18.5 Å². The van der Waals surface area contributed by atoms with Crippen LogP contribution >= 0.6 is 11.6 Å². The van der Waals surface area contributed by atoms with Crippen molar-refractivity contribution in [2.24, 2.45) is 0 Å². The van der Waals surface area contributed by atoms with E-state index in [0.29, 0.717) is 19.7 Å². The van der Waals surface area contributed by atoms with Gasteiger partial charge in [-0.1, -0.05) is 23.7 Å². The van der Waals surface area contributed by atoms with E-state index in [1.54, 1.807) is 7.11 Å². The van der Waals surface area contributed by atoms with Crippen LogP contribution in [0.4, 0.5) is 5.95 Å². The number of hydrogen-bond acceptors (Lipinski definition) is 5. The zero-order valence-corrected chi connectivity index (χ0v) is 15.7. The lowest BCUT2D eigenvalue weighted by Gasteiger charge is -2.13. The molecular formula is C20H20ClN3O3. The van der Waals surface area contributed by atoms with Gasteiger partial charge >= 0.3 is 0 Å². The van der Waals surface area contributed by atoms with Crippen molar-refractivity contribution in [3.63, 3.8) is 0 Å². The Morgan fingerprint density at radius 1 is 1.19 bits per heavy atom. The fourth-order valence-electron chi connectivity index (χ4n) is 3.04. The first-order chi connectivity index (χ1) is 13.2. The molecule has 7 heteroatoms. The standard InChI is InChI=1S/C20H20ClN3O3/c1-25-8-7-24-17(15-5-6-18-19(10-15)27-13-26-18)12-23-20(24)22-11-14-3-2-4-16(21)9-14/h2-6,9-10,12H,7-8,11,13H2,1H3,(H,22,23). The molecule has 0 spiro atoms. The van der Waals surface area contributed by atoms with Crippen molar-refractivity contribution in [3.8, 4) is 22.8 Å². The summed E-state index contributed by atoms with van der Waals surface area (Å²) in [6.45, 7) is 2.15. The molecule has 0 aliphatic carbocycles. The lowest BCUT2D eigenvalue weighted by atomic mass is 10.1. The molecular weight excluding hydrogens is 366 g/mol. The second-order valence-corrected chi connectivity index (χ2v) is 6.60. The van der Waals surface area contributed by atoms with Crippen LogP contribution in [0.25, 0.3) is 11.3 Å². The summed E-state index contributed by atoms with van der Waals surface area (Å²) < 4.78 is 18.3. The van der Waals surface area contributed by atoms with E-state index < -0.39 is 0 Å². The Morgan fingerprint density at radius 3 is 2.93 bits per heavy atom. The van der Waals surface area contributed by atoms with Gasteiger partial charge in [-0.15, -0.1) is 0 Å². The van der Waals surface area contributed by atoms with Gasteiger partial charge in [-0.2, -0.15) is 0 Å². The van der Waals surface area contributed by atoms with E-state index in [4.69, 9.17) is 25.8 Å². The fourth-order valence-corrected chi connectivity index (χ4v) is 3.25. The smallest absolute Gasteiger partial charge is 0.231 e. The summed E-state index contributed by atoms with van der Waals surface area (Å²) in [7, 11) is 1.69. The third-order valence-corrected chi connectivity index (χ3v) is 4.62. The highest BCUT2D eigenvalue weighted by atomic mass is 35.5. The van der Waals surface area contributed by atoms with Crippen LogP contribution in [0.3, 0.4) is 0 Å². The summed E-state index contributed by atoms with van der Waals surface area (Å²) >= 11 is 6.07. The minimum absolute atomic E-state index is 0.258. The molecule has 27 heavy (non-hydrogen) atoms. The van der Waals surface area contributed by atoms with Crippen LogP contribution in [0.1, 0.15) is 5.56 Å². The molecule has 3 aromatic rings. The quantitative estimate of drug-likeness (QED) is 0.660. The molecule has 0 amide bonds. The van der Waals surface area contributed by atoms with Crippen molar-refractivity contribution in [3.05, 3.63) is 59.2 Å². The van der Waals surface area contributed by atoms with Gasteiger partial charge in [0.15, 0.2) is 11.5 Å². The number of anilines is 1. The van der Waals surface area contributed by atoms with E-state index in [-0.39, 0.29) is 6.79 Å². The van der Waals surface area contributed by atoms with E-state index in [1.165, 1.54) is 0 Å². The first kappa shape index (κ1) is 17.7. The van der Waals surface area contributed by atoms with Gasteiger partial charge in [0, 0.05) is 30.8 Å². The lowest BCUT2D eigenvalue weighted by Crippen LogP contribution is -2.11. The number of nitrogens with one attached hydrogen (secondary N) is 1. The molecule has 1 N–H and O–H groups in total. The number of benzene rings is 2. The summed E-state index contributed by atoms with van der Waals surface area (Å²) in [5.74, 6) is 2.29. The van der Waals surface area contributed by atoms with Crippen LogP contribution in [-0.2, 0) is 17.8 Å². The second kappa shape index (κ2) is 7.90. The van der Waals surface area contributed by atoms with Gasteiger partial charge in [-0.3, -0.25) is 0 Å². The lowest BCUT2D eigenvalue weighted by molar-refractivity contribution is 0.174. The van der Waals surface area contributed by atoms with Gasteiger partial charge in [0.1, 0.15) is 0 Å². The van der Waals surface area contributed by atoms with Crippen molar-refractivity contribution in [2.75, 3.05) is 25.8 Å². The van der Waals surface area contributed by atoms with E-state index in [0.717, 1.165) is 39.3 Å². The summed E-state index contributed by atoms with van der Waals surface area (Å²) in [5, 5.41) is 4.11. The summed E-state index contributed by atoms with van der Waals surface area (Å²) in [6.07, 6.45) is 1.85. The van der Waals surface area contributed by atoms with Gasteiger partial charge in [-0.25, -0.2) is 4.98 Å². The molecule has 0 atom stereocenters. The van der Waals surface area contributed by atoms with E-state index in [1.807, 2.05) is 48.7 Å². The van der Waals surface area contributed by atoms with Crippen LogP contribution in [0.5, 0.6) is 11.5 Å². The zero-order chi connectivity index (χ0) is 18.6. The third kappa shape index (κ3) is 3.86. The first-order valence-corrected chi connectivity index (χ1v) is 9.05. The largest absolute Gasteiger partial charge is 0.454 e. The zero-order valence-electron chi connectivity index (χ0n) is 14.9. The maximum Gasteiger partial charge on any atom is 0.231 e. The Bertz CT molecular complexity index is 942. The van der Waals surface area contributed by atoms with Crippen molar-refractivity contribution in [2.45, 2.75) is 13.1 Å². The Labute approximate surface area is 162 Å². The number of rotatable bonds is 7. The van der Waals surface area contributed by atoms with Gasteiger partial charge in [0.25, 0.3) is 0 Å². The molecule has 6 nitrogen and oxygen atoms in total. The molecule has 4 rings (SSSR count). The average molecular weight is 386 g/mol. The fraction of sp³-hybridized carbons (Fsp3) is 0.250. The highest BCUT2D eigenvalue weighted by molar-refractivity contribution is 6.30. The number of methoxy groups -OCH3 is 1. The van der Waals surface area contributed by atoms with Crippen molar-refractivity contribution >= 4 is 17.5 Å². The number of aromatic nitrogens is 2. The van der Waals surface area contributed by atoms with Gasteiger partial charge in [-0.05, 0) is 35.9 Å². The van der Waals surface area contributed by atoms with Crippen LogP contribution in [0.2, 0.25) is 5.02 Å². The third-order valence-electron chi connectivity index (χ3n) is 4.38. The minimum atomic E-state index is 0.258. The monoisotopic (exact) mass is 385 g/mol. The van der Waals surface area contributed by atoms with Gasteiger partial charge < -0.3 is 24.1 Å². The topological polar surface area (TPSA) is 57.5 Å². The maximum absolute atomic E-state index is 6.07. The minimum Gasteiger partial charge on any atom is -0.454 e. The maximum atomic E-state index is 6.07. The van der Waals surface area contributed by atoms with Crippen LogP contribution in [-0.4, -0.2) is 30.1 Å². The van der Waals surface area contributed by atoms with Crippen molar-refractivity contribution in [1.29, 1.82) is 0 Å². The molecule has 1 aromatic heterocycles. The van der Waals surface area contributed by atoms with Crippen LogP contribution in [0, 0.1) is 0 Å². The molecule has 2 heterocycles. The number of imidazole rings is 1. The molecule has 0 bridgehead atoms. The van der Waals surface area contributed by atoms with Crippen LogP contribution in [0.15, 0.2) is 48.7 Å². The molecule has 2 aromatic carbocycles. The Balaban J connectivity index is 1.60. The Kier molecular flexibility index (Phi) is 5.18. The summed E-state index contributed by atoms with van der Waals surface area (Å²) in [4.78, 5) is 4.57. The number of fused-ring (bicyclic) bond motifs is 1. The molecule has 0 saturated carbocycles. The van der Waals surface area contributed by atoms with Crippen molar-refractivity contribution < 1.29 is 14.2 Å². The molecule has 0 radical (unpaired) electrons. The van der Waals surface area contributed by atoms with Crippen LogP contribution < -0.4 is 14.8 Å². The van der Waals surface area contributed by atoms with E-state index in [2.05, 4.69) is 14.9 Å². The van der Waals surface area contributed by atoms with E-state index in [9.17, 15) is 0 Å². The highest BCUT2D eigenvalue weighted by Gasteiger charge is 2.17. The Morgan fingerprint density at radius 2 is 2.07 bits per heavy atom. The summed E-state index contributed by atoms with van der Waals surface area (Å²) in [5.41, 5.74) is 3.09. The molecule has 0 saturated heterocycles. The molecule has 0 fully saturated rings. The number of nitrogens with zero attached hydrogens (tertiary/aromatic N) is 2. The normalized spacial score (nSPS) is 12.4. The van der Waals surface area contributed by atoms with E-state index >= 15 is 0 Å². The summed E-state index contributed by atoms with van der Waals surface area (Å²) in [6, 6.07) is 13.7.